The molecule has 59 heavy (non-hydrogen) atoms. The highest BCUT2D eigenvalue weighted by Gasteiger charge is 2.38. The molecule has 0 radical (unpaired) electrons. The van der Waals surface area contributed by atoms with E-state index in [9.17, 15) is 10.0 Å². The number of aromatic nitrogens is 4. The minimum atomic E-state index is -1.43. The van der Waals surface area contributed by atoms with Crippen molar-refractivity contribution in [3.8, 4) is 55.6 Å². The van der Waals surface area contributed by atoms with E-state index in [0.717, 1.165) is 38.1 Å². The third-order valence-electron chi connectivity index (χ3n) is 11.2. The second-order valence-electron chi connectivity index (χ2n) is 15.5. The summed E-state index contributed by atoms with van der Waals surface area (Å²) in [7, 11) is -1.43. The van der Waals surface area contributed by atoms with E-state index < -0.39 is 7.12 Å². The van der Waals surface area contributed by atoms with Gasteiger partial charge in [-0.05, 0) is 79.3 Å². The Labute approximate surface area is 356 Å². The molecule has 0 saturated heterocycles. The lowest BCUT2D eigenvalue weighted by molar-refractivity contribution is 0.426. The summed E-state index contributed by atoms with van der Waals surface area (Å²) in [5.74, 6) is 0. The van der Waals surface area contributed by atoms with Crippen molar-refractivity contribution in [1.82, 2.24) is 19.9 Å². The molecule has 2 heterocycles. The van der Waals surface area contributed by atoms with Gasteiger partial charge in [0.1, 0.15) is 12.7 Å². The van der Waals surface area contributed by atoms with Crippen molar-refractivity contribution in [3.63, 3.8) is 0 Å². The largest absolute Gasteiger partial charge is 0.489 e. The van der Waals surface area contributed by atoms with E-state index in [1.807, 2.05) is 54.9 Å². The maximum atomic E-state index is 9.22. The summed E-state index contributed by atoms with van der Waals surface area (Å²) in [6, 6.07) is 49.3. The zero-order valence-corrected chi connectivity index (χ0v) is 34.4. The monoisotopic (exact) mass is 836 g/mol. The molecule has 0 aliphatic heterocycles. The lowest BCUT2D eigenvalue weighted by Crippen LogP contribution is -2.31. The van der Waals surface area contributed by atoms with Crippen LogP contribution >= 0.6 is 15.9 Å². The number of nitrogens with zero attached hydrogens (tertiary/aromatic N) is 4. The average molecular weight is 838 g/mol. The minimum absolute atomic E-state index is 0. The van der Waals surface area contributed by atoms with Gasteiger partial charge in [0.2, 0.25) is 0 Å². The van der Waals surface area contributed by atoms with E-state index in [1.165, 1.54) is 44.5 Å². The molecule has 8 heteroatoms. The van der Waals surface area contributed by atoms with Crippen molar-refractivity contribution in [2.45, 2.75) is 46.0 Å². The minimum Gasteiger partial charge on any atom is -0.423 e. The van der Waals surface area contributed by atoms with E-state index in [1.54, 1.807) is 24.8 Å². The molecule has 8 aromatic rings. The summed E-state index contributed by atoms with van der Waals surface area (Å²) in [6.07, 6.45) is 7.12. The Morgan fingerprint density at radius 2 is 0.898 bits per heavy atom. The Kier molecular flexibility index (Phi) is 11.9. The van der Waals surface area contributed by atoms with Gasteiger partial charge >= 0.3 is 7.12 Å². The van der Waals surface area contributed by atoms with Gasteiger partial charge in [0.05, 0.1) is 11.4 Å². The summed E-state index contributed by atoms with van der Waals surface area (Å²) in [4.78, 5) is 17.4. The second-order valence-corrected chi connectivity index (χ2v) is 16.4. The third-order valence-corrected chi connectivity index (χ3v) is 11.7. The van der Waals surface area contributed by atoms with Gasteiger partial charge in [-0.25, -0.2) is 19.9 Å². The van der Waals surface area contributed by atoms with Crippen molar-refractivity contribution in [2.75, 3.05) is 0 Å². The van der Waals surface area contributed by atoms with Crippen LogP contribution in [0, 0.1) is 0 Å². The maximum absolute atomic E-state index is 9.22. The zero-order valence-electron chi connectivity index (χ0n) is 32.8. The Morgan fingerprint density at radius 3 is 1.44 bits per heavy atom. The van der Waals surface area contributed by atoms with Crippen LogP contribution in [0.2, 0.25) is 0 Å². The number of fused-ring (bicyclic) bond motifs is 6. The van der Waals surface area contributed by atoms with Crippen LogP contribution < -0.4 is 5.46 Å². The fraction of sp³-hybridized carbons (Fsp3) is 0.137. The number of hydrogen-bond acceptors (Lipinski definition) is 6. The molecule has 2 aliphatic rings. The van der Waals surface area contributed by atoms with E-state index >= 15 is 0 Å². The molecule has 0 saturated carbocycles. The topological polar surface area (TPSA) is 92.0 Å². The molecule has 0 atom stereocenters. The fourth-order valence-corrected chi connectivity index (χ4v) is 8.60. The summed E-state index contributed by atoms with van der Waals surface area (Å²) >= 11 is 3.53. The summed E-state index contributed by atoms with van der Waals surface area (Å²) in [5.41, 5.74) is 16.9. The molecule has 6 nitrogen and oxygen atoms in total. The first-order valence-corrected chi connectivity index (χ1v) is 20.1. The quantitative estimate of drug-likeness (QED) is 0.172. The molecule has 2 aliphatic carbocycles. The van der Waals surface area contributed by atoms with E-state index in [-0.39, 0.29) is 18.3 Å². The molecule has 0 fully saturated rings. The SMILES string of the molecule is C.CC1(C)c2cc(-c3ccccc3-c3ccccc3)ccc2-c2cncnc21.CC1(C)c2cc(Br)ccc2-c2cncnc21.OB(O)c1ccccc1-c1ccccc1. The first kappa shape index (κ1) is 41.1. The molecule has 0 unspecified atom stereocenters. The van der Waals surface area contributed by atoms with E-state index in [0.29, 0.717) is 5.46 Å². The Morgan fingerprint density at radius 1 is 0.458 bits per heavy atom. The molecular weight excluding hydrogens is 791 g/mol. The zero-order chi connectivity index (χ0) is 40.4. The molecule has 0 bridgehead atoms. The average Bonchev–Trinajstić information content (AvgIpc) is 3.63. The molecule has 292 valence electrons. The van der Waals surface area contributed by atoms with Gasteiger partial charge in [-0.3, -0.25) is 0 Å². The first-order valence-electron chi connectivity index (χ1n) is 19.3. The lowest BCUT2D eigenvalue weighted by atomic mass is 9.75. The fourth-order valence-electron chi connectivity index (χ4n) is 8.24. The Hall–Kier alpha value is -6.06. The second kappa shape index (κ2) is 17.0. The van der Waals surface area contributed by atoms with E-state index in [4.69, 9.17) is 0 Å². The van der Waals surface area contributed by atoms with Crippen LogP contribution in [-0.4, -0.2) is 37.1 Å². The number of rotatable bonds is 4. The van der Waals surface area contributed by atoms with Crippen LogP contribution in [0.25, 0.3) is 55.6 Å². The summed E-state index contributed by atoms with van der Waals surface area (Å²) in [6.45, 7) is 8.91. The van der Waals surface area contributed by atoms with Gasteiger partial charge in [-0.1, -0.05) is 178 Å². The Bertz CT molecular complexity index is 2740. The smallest absolute Gasteiger partial charge is 0.423 e. The summed E-state index contributed by atoms with van der Waals surface area (Å²) < 4.78 is 1.11. The predicted molar refractivity (Wildman–Crippen MR) is 246 cm³/mol. The van der Waals surface area contributed by atoms with Crippen molar-refractivity contribution in [1.29, 1.82) is 0 Å². The number of hydrogen-bond donors (Lipinski definition) is 2. The predicted octanol–water partition coefficient (Wildman–Crippen LogP) is 11.3. The highest BCUT2D eigenvalue weighted by Crippen LogP contribution is 2.49. The van der Waals surface area contributed by atoms with Crippen LogP contribution in [0.1, 0.15) is 57.6 Å². The molecule has 6 aromatic carbocycles. The van der Waals surface area contributed by atoms with E-state index in [2.05, 4.69) is 155 Å². The summed E-state index contributed by atoms with van der Waals surface area (Å²) in [5, 5.41) is 18.4. The third kappa shape index (κ3) is 7.92. The molecule has 2 N–H and O–H groups in total. The van der Waals surface area contributed by atoms with Gasteiger partial charge in [0, 0.05) is 38.8 Å². The van der Waals surface area contributed by atoms with Crippen molar-refractivity contribution >= 4 is 28.5 Å². The highest BCUT2D eigenvalue weighted by atomic mass is 79.9. The van der Waals surface area contributed by atoms with Crippen LogP contribution in [0.5, 0.6) is 0 Å². The number of halogens is 1. The van der Waals surface area contributed by atoms with Crippen molar-refractivity contribution in [2.24, 2.45) is 0 Å². The highest BCUT2D eigenvalue weighted by molar-refractivity contribution is 9.10. The lowest BCUT2D eigenvalue weighted by Gasteiger charge is -2.21. The molecular formula is C51H46BBrN4O2. The van der Waals surface area contributed by atoms with Crippen LogP contribution in [0.15, 0.2) is 175 Å². The van der Waals surface area contributed by atoms with Gasteiger partial charge in [0.15, 0.2) is 0 Å². The molecule has 0 amide bonds. The van der Waals surface area contributed by atoms with Crippen LogP contribution in [0.3, 0.4) is 0 Å². The standard InChI is InChI=1S/C25H20N2.C13H11BrN2.C12H11BO2.CH4/c1-25(2)23-14-18(12-13-21(23)22-15-26-16-27-24(22)25)20-11-7-6-10-19(20)17-8-4-3-5-9-17;1-13(2)11-5-8(14)3-4-9(11)10-6-15-7-16-12(10)13;14-13(15)12-9-5-4-8-11(12)10-6-2-1-3-7-10;/h3-16H,1-2H3;3-7H,1-2H3;1-9,14-15H;1H4. The molecule has 2 aromatic heterocycles. The van der Waals surface area contributed by atoms with Gasteiger partial charge in [0.25, 0.3) is 0 Å². The maximum Gasteiger partial charge on any atom is 0.489 e. The van der Waals surface area contributed by atoms with Crippen molar-refractivity contribution < 1.29 is 10.0 Å². The van der Waals surface area contributed by atoms with Crippen molar-refractivity contribution in [3.05, 3.63) is 198 Å². The van der Waals surface area contributed by atoms with Gasteiger partial charge in [-0.15, -0.1) is 0 Å². The number of benzene rings is 6. The first-order chi connectivity index (χ1) is 28.1. The van der Waals surface area contributed by atoms with Crippen LogP contribution in [0.4, 0.5) is 0 Å². The van der Waals surface area contributed by atoms with Gasteiger partial charge < -0.3 is 10.0 Å². The van der Waals surface area contributed by atoms with Crippen LogP contribution in [-0.2, 0) is 10.8 Å². The molecule has 10 rings (SSSR count). The Balaban J connectivity index is 0.000000142. The van der Waals surface area contributed by atoms with Gasteiger partial charge in [-0.2, -0.15) is 0 Å². The normalized spacial score (nSPS) is 13.1. The molecule has 0 spiro atoms.